The molecule has 0 unspecified atom stereocenters. The van der Waals surface area contributed by atoms with Crippen molar-refractivity contribution in [3.05, 3.63) is 128 Å². The van der Waals surface area contributed by atoms with Crippen LogP contribution >= 0.6 is 0 Å². The topological polar surface area (TPSA) is 94.0 Å². The molecule has 3 heterocycles. The highest BCUT2D eigenvalue weighted by atomic mass is 19.4. The summed E-state index contributed by atoms with van der Waals surface area (Å²) in [6.45, 7) is -0.235. The zero-order chi connectivity index (χ0) is 29.8. The molecule has 8 nitrogen and oxygen atoms in total. The average molecular weight is 588 g/mol. The lowest BCUT2D eigenvalue weighted by atomic mass is 9.84. The van der Waals surface area contributed by atoms with Gasteiger partial charge in [-0.1, -0.05) is 42.5 Å². The summed E-state index contributed by atoms with van der Waals surface area (Å²) in [7, 11) is 0. The highest BCUT2D eigenvalue weighted by molar-refractivity contribution is 5.53. The van der Waals surface area contributed by atoms with E-state index in [-0.39, 0.29) is 35.2 Å². The van der Waals surface area contributed by atoms with Crippen LogP contribution in [0.5, 0.6) is 11.5 Å². The number of halogens is 6. The summed E-state index contributed by atoms with van der Waals surface area (Å²) in [4.78, 5) is 27.6. The van der Waals surface area contributed by atoms with E-state index in [0.29, 0.717) is 9.36 Å². The Bertz CT molecular complexity index is 1780. The summed E-state index contributed by atoms with van der Waals surface area (Å²) in [6.07, 6.45) is -10.5. The molecule has 0 radical (unpaired) electrons. The molecular weight excluding hydrogens is 570 g/mol. The van der Waals surface area contributed by atoms with Crippen molar-refractivity contribution in [3.63, 3.8) is 0 Å². The number of nitrogens with zero attached hydrogens (tertiary/aromatic N) is 2. The van der Waals surface area contributed by atoms with E-state index in [0.717, 1.165) is 6.07 Å². The lowest BCUT2D eigenvalue weighted by Crippen LogP contribution is -2.27. The van der Waals surface area contributed by atoms with Gasteiger partial charge in [-0.3, -0.25) is 19.8 Å². The number of aromatic amines is 2. The Balaban J connectivity index is 1.72. The van der Waals surface area contributed by atoms with Crippen LogP contribution in [-0.2, 0) is 12.4 Å². The Labute approximate surface area is 231 Å². The Morgan fingerprint density at radius 3 is 1.55 bits per heavy atom. The van der Waals surface area contributed by atoms with Crippen molar-refractivity contribution in [2.24, 2.45) is 0 Å². The smallest absolute Gasteiger partial charge is 0.433 e. The summed E-state index contributed by atoms with van der Waals surface area (Å²) >= 11 is 0. The molecule has 5 aromatic rings. The zero-order valence-electron chi connectivity index (χ0n) is 21.1. The lowest BCUT2D eigenvalue weighted by molar-refractivity contribution is -0.142. The van der Waals surface area contributed by atoms with Gasteiger partial charge in [0.15, 0.2) is 11.5 Å². The quantitative estimate of drug-likeness (QED) is 0.262. The van der Waals surface area contributed by atoms with Crippen LogP contribution in [0.4, 0.5) is 26.3 Å². The van der Waals surface area contributed by atoms with Crippen LogP contribution in [0.1, 0.15) is 34.0 Å². The summed E-state index contributed by atoms with van der Waals surface area (Å²) < 4.78 is 98.9. The SMILES string of the molecule is O=c1c(C(c2ccc3c(c2)OCO3)c2c(C(F)(F)F)[nH]n(-c3ccccc3)c2=O)c(C(F)(F)F)[nH]n1-c1ccccc1. The average Bonchev–Trinajstić information content (AvgIpc) is 3.66. The predicted molar refractivity (Wildman–Crippen MR) is 136 cm³/mol. The van der Waals surface area contributed by atoms with E-state index in [2.05, 4.69) is 0 Å². The van der Waals surface area contributed by atoms with E-state index in [1.54, 1.807) is 12.1 Å². The van der Waals surface area contributed by atoms with E-state index < -0.39 is 51.9 Å². The fourth-order valence-electron chi connectivity index (χ4n) is 4.96. The minimum atomic E-state index is -5.23. The van der Waals surface area contributed by atoms with Gasteiger partial charge in [0.2, 0.25) is 6.79 Å². The van der Waals surface area contributed by atoms with Gasteiger partial charge in [0.25, 0.3) is 11.1 Å². The van der Waals surface area contributed by atoms with E-state index in [9.17, 15) is 35.9 Å². The van der Waals surface area contributed by atoms with Gasteiger partial charge in [-0.2, -0.15) is 26.3 Å². The highest BCUT2D eigenvalue weighted by Crippen LogP contribution is 2.44. The molecule has 0 spiro atoms. The number of aromatic nitrogens is 4. The Morgan fingerprint density at radius 2 is 1.10 bits per heavy atom. The zero-order valence-corrected chi connectivity index (χ0v) is 21.1. The second kappa shape index (κ2) is 9.75. The van der Waals surface area contributed by atoms with Crippen molar-refractivity contribution in [2.75, 3.05) is 6.79 Å². The molecule has 6 rings (SSSR count). The molecule has 0 fully saturated rings. The van der Waals surface area contributed by atoms with E-state index in [1.807, 2.05) is 10.2 Å². The first-order chi connectivity index (χ1) is 19.9. The van der Waals surface area contributed by atoms with Crippen molar-refractivity contribution < 1.29 is 35.8 Å². The van der Waals surface area contributed by atoms with E-state index in [1.165, 1.54) is 60.7 Å². The van der Waals surface area contributed by atoms with Crippen molar-refractivity contribution in [1.29, 1.82) is 0 Å². The number of benzene rings is 3. The molecule has 3 aromatic carbocycles. The van der Waals surface area contributed by atoms with Gasteiger partial charge < -0.3 is 9.47 Å². The largest absolute Gasteiger partial charge is 0.454 e. The summed E-state index contributed by atoms with van der Waals surface area (Å²) in [5.74, 6) is -1.93. The standard InChI is InChI=1S/C28H18F6N4O4/c29-27(30,31)23-21(25(39)37(35-23)16-7-3-1-4-8-16)20(15-11-12-18-19(13-15)42-14-41-18)22-24(28(32,33)34)36-38(26(22)40)17-9-5-2-6-10-17/h1-13,20,35-36H,14H2. The number of ether oxygens (including phenoxy) is 2. The highest BCUT2D eigenvalue weighted by Gasteiger charge is 2.46. The first kappa shape index (κ1) is 27.1. The van der Waals surface area contributed by atoms with Crippen LogP contribution in [0.15, 0.2) is 88.5 Å². The summed E-state index contributed by atoms with van der Waals surface area (Å²) in [6, 6.07) is 18.0. The second-order valence-electron chi connectivity index (χ2n) is 9.29. The van der Waals surface area contributed by atoms with Gasteiger partial charge in [0, 0.05) is 5.92 Å². The number of para-hydroxylation sites is 2. The number of hydrogen-bond donors (Lipinski definition) is 2. The first-order valence-electron chi connectivity index (χ1n) is 12.3. The van der Waals surface area contributed by atoms with Crippen LogP contribution in [0.2, 0.25) is 0 Å². The molecule has 2 aromatic heterocycles. The molecule has 1 aliphatic rings. The number of hydrogen-bond acceptors (Lipinski definition) is 4. The van der Waals surface area contributed by atoms with Crippen LogP contribution in [0, 0.1) is 0 Å². The number of nitrogens with one attached hydrogen (secondary N) is 2. The molecule has 0 aliphatic carbocycles. The van der Waals surface area contributed by atoms with Gasteiger partial charge in [-0.05, 0) is 42.0 Å². The van der Waals surface area contributed by atoms with Crippen molar-refractivity contribution in [3.8, 4) is 22.9 Å². The van der Waals surface area contributed by atoms with Crippen LogP contribution < -0.4 is 20.6 Å². The van der Waals surface area contributed by atoms with E-state index >= 15 is 0 Å². The Hall–Kier alpha value is -5.14. The van der Waals surface area contributed by atoms with Crippen LogP contribution in [0.25, 0.3) is 11.4 Å². The molecule has 2 N–H and O–H groups in total. The molecule has 0 saturated carbocycles. The lowest BCUT2D eigenvalue weighted by Gasteiger charge is -2.19. The third kappa shape index (κ3) is 4.54. The molecule has 0 atom stereocenters. The normalized spacial score (nSPS) is 13.2. The number of rotatable bonds is 5. The van der Waals surface area contributed by atoms with Gasteiger partial charge in [0.1, 0.15) is 11.4 Å². The molecule has 1 aliphatic heterocycles. The molecule has 0 bridgehead atoms. The first-order valence-corrected chi connectivity index (χ1v) is 12.3. The third-order valence-corrected chi connectivity index (χ3v) is 6.76. The monoisotopic (exact) mass is 588 g/mol. The van der Waals surface area contributed by atoms with E-state index in [4.69, 9.17) is 9.47 Å². The van der Waals surface area contributed by atoms with Gasteiger partial charge in [-0.25, -0.2) is 9.36 Å². The summed E-state index contributed by atoms with van der Waals surface area (Å²) in [5, 5.41) is 4.04. The molecule has 14 heteroatoms. The second-order valence-corrected chi connectivity index (χ2v) is 9.29. The Morgan fingerprint density at radius 1 is 0.643 bits per heavy atom. The maximum Gasteiger partial charge on any atom is 0.433 e. The predicted octanol–water partition coefficient (Wildman–Crippen LogP) is 5.59. The molecular formula is C28H18F6N4O4. The molecule has 0 amide bonds. The van der Waals surface area contributed by atoms with Gasteiger partial charge >= 0.3 is 12.4 Å². The van der Waals surface area contributed by atoms with Crippen LogP contribution in [0.3, 0.4) is 0 Å². The Kier molecular flexibility index (Phi) is 6.28. The molecule has 42 heavy (non-hydrogen) atoms. The number of H-pyrrole nitrogens is 2. The number of fused-ring (bicyclic) bond motifs is 1. The summed E-state index contributed by atoms with van der Waals surface area (Å²) in [5.41, 5.74) is -8.27. The van der Waals surface area contributed by atoms with Crippen molar-refractivity contribution in [1.82, 2.24) is 19.6 Å². The molecule has 216 valence electrons. The maximum atomic E-state index is 14.5. The fourth-order valence-corrected chi connectivity index (χ4v) is 4.96. The minimum absolute atomic E-state index is 0.00417. The number of alkyl halides is 6. The minimum Gasteiger partial charge on any atom is -0.454 e. The van der Waals surface area contributed by atoms with Crippen LogP contribution in [-0.4, -0.2) is 26.4 Å². The van der Waals surface area contributed by atoms with Gasteiger partial charge in [0.05, 0.1) is 22.5 Å². The third-order valence-electron chi connectivity index (χ3n) is 6.76. The maximum absolute atomic E-state index is 14.5. The fraction of sp³-hybridized carbons (Fsp3) is 0.143. The van der Waals surface area contributed by atoms with Gasteiger partial charge in [-0.15, -0.1) is 0 Å². The molecule has 0 saturated heterocycles. The van der Waals surface area contributed by atoms with Crippen molar-refractivity contribution >= 4 is 0 Å². The van der Waals surface area contributed by atoms with Crippen molar-refractivity contribution in [2.45, 2.75) is 18.3 Å².